The second-order valence-electron chi connectivity index (χ2n) is 6.87. The van der Waals surface area contributed by atoms with E-state index in [4.69, 9.17) is 0 Å². The fraction of sp³-hybridized carbons (Fsp3) is 0.0833. The number of anilines is 1. The molecule has 1 aromatic heterocycles. The number of halogens is 3. The molecule has 0 aliphatic carbocycles. The van der Waals surface area contributed by atoms with Gasteiger partial charge in [0.25, 0.3) is 0 Å². The smallest absolute Gasteiger partial charge is 0.406 e. The van der Waals surface area contributed by atoms with Gasteiger partial charge in [-0.3, -0.25) is 9.36 Å². The fourth-order valence-electron chi connectivity index (χ4n) is 3.14. The van der Waals surface area contributed by atoms with E-state index in [1.165, 1.54) is 36.0 Å². The minimum atomic E-state index is -4.77. The van der Waals surface area contributed by atoms with Gasteiger partial charge in [-0.2, -0.15) is 0 Å². The highest BCUT2D eigenvalue weighted by Crippen LogP contribution is 2.31. The van der Waals surface area contributed by atoms with Crippen molar-refractivity contribution < 1.29 is 22.7 Å². The Balaban J connectivity index is 1.60. The van der Waals surface area contributed by atoms with Crippen molar-refractivity contribution in [2.75, 3.05) is 11.1 Å². The monoisotopic (exact) mass is 469 g/mol. The van der Waals surface area contributed by atoms with Crippen molar-refractivity contribution >= 4 is 23.4 Å². The molecule has 1 amide bonds. The van der Waals surface area contributed by atoms with E-state index < -0.39 is 6.36 Å². The zero-order chi connectivity index (χ0) is 23.3. The molecule has 0 saturated carbocycles. The Morgan fingerprint density at radius 2 is 1.58 bits per heavy atom. The lowest BCUT2D eigenvalue weighted by Gasteiger charge is -2.14. The molecule has 4 rings (SSSR count). The van der Waals surface area contributed by atoms with Gasteiger partial charge < -0.3 is 10.1 Å². The number of benzene rings is 3. The average Bonchev–Trinajstić information content (AvgIpc) is 3.22. The molecule has 0 fully saturated rings. The largest absolute Gasteiger partial charge is 0.573 e. The number of carbonyl (C=O) groups is 1. The lowest BCUT2D eigenvalue weighted by molar-refractivity contribution is -0.274. The standard InChI is InChI=1S/C24H18F3N3O2S/c25-24(26,27)32-20-13-11-19(12-14-20)30-21(17-7-3-1-4-8-17)15-28-23(30)33-16-22(31)29-18-9-5-2-6-10-18/h1-15H,16H2,(H,29,31). The van der Waals surface area contributed by atoms with Crippen LogP contribution < -0.4 is 10.1 Å². The van der Waals surface area contributed by atoms with Crippen LogP contribution in [0.4, 0.5) is 18.9 Å². The fourth-order valence-corrected chi connectivity index (χ4v) is 3.94. The van der Waals surface area contributed by atoms with E-state index in [1.54, 1.807) is 22.9 Å². The Morgan fingerprint density at radius 3 is 2.21 bits per heavy atom. The van der Waals surface area contributed by atoms with Crippen molar-refractivity contribution in [3.63, 3.8) is 0 Å². The van der Waals surface area contributed by atoms with E-state index in [0.717, 1.165) is 11.3 Å². The summed E-state index contributed by atoms with van der Waals surface area (Å²) in [5.74, 6) is -0.407. The summed E-state index contributed by atoms with van der Waals surface area (Å²) in [5, 5.41) is 3.35. The number of amides is 1. The number of hydrogen-bond donors (Lipinski definition) is 1. The highest BCUT2D eigenvalue weighted by molar-refractivity contribution is 7.99. The molecule has 0 radical (unpaired) electrons. The van der Waals surface area contributed by atoms with E-state index in [-0.39, 0.29) is 17.4 Å². The molecular formula is C24H18F3N3O2S. The van der Waals surface area contributed by atoms with Crippen molar-refractivity contribution in [2.45, 2.75) is 11.5 Å². The summed E-state index contributed by atoms with van der Waals surface area (Å²) in [6, 6.07) is 24.1. The molecule has 5 nitrogen and oxygen atoms in total. The number of carbonyl (C=O) groups excluding carboxylic acids is 1. The molecule has 0 saturated heterocycles. The maximum absolute atomic E-state index is 12.5. The SMILES string of the molecule is O=C(CSc1ncc(-c2ccccc2)n1-c1ccc(OC(F)(F)F)cc1)Nc1ccccc1. The van der Waals surface area contributed by atoms with Gasteiger partial charge >= 0.3 is 6.36 Å². The Bertz CT molecular complexity index is 1210. The molecular weight excluding hydrogens is 451 g/mol. The maximum Gasteiger partial charge on any atom is 0.573 e. The highest BCUT2D eigenvalue weighted by Gasteiger charge is 2.31. The molecule has 0 unspecified atom stereocenters. The van der Waals surface area contributed by atoms with Gasteiger partial charge in [0.15, 0.2) is 5.16 Å². The summed E-state index contributed by atoms with van der Waals surface area (Å²) in [5.41, 5.74) is 2.90. The van der Waals surface area contributed by atoms with Gasteiger partial charge in [0.1, 0.15) is 5.75 Å². The van der Waals surface area contributed by atoms with Gasteiger partial charge in [0, 0.05) is 16.9 Å². The number of para-hydroxylation sites is 1. The lowest BCUT2D eigenvalue weighted by Crippen LogP contribution is -2.17. The molecule has 1 heterocycles. The summed E-state index contributed by atoms with van der Waals surface area (Å²) >= 11 is 1.23. The van der Waals surface area contributed by atoms with Gasteiger partial charge in [-0.05, 0) is 36.4 Å². The molecule has 1 N–H and O–H groups in total. The van der Waals surface area contributed by atoms with Crippen molar-refractivity contribution in [3.05, 3.63) is 91.1 Å². The molecule has 0 spiro atoms. The van der Waals surface area contributed by atoms with Crippen LogP contribution in [0.2, 0.25) is 0 Å². The molecule has 0 aliphatic rings. The second-order valence-corrected chi connectivity index (χ2v) is 7.81. The highest BCUT2D eigenvalue weighted by atomic mass is 32.2. The van der Waals surface area contributed by atoms with E-state index in [0.29, 0.717) is 16.5 Å². The van der Waals surface area contributed by atoms with Gasteiger partial charge in [-0.25, -0.2) is 4.98 Å². The minimum Gasteiger partial charge on any atom is -0.406 e. The number of aromatic nitrogens is 2. The van der Waals surface area contributed by atoms with E-state index in [2.05, 4.69) is 15.0 Å². The molecule has 168 valence electrons. The Hall–Kier alpha value is -3.72. The summed E-state index contributed by atoms with van der Waals surface area (Å²) in [6.07, 6.45) is -3.09. The molecule has 4 aromatic rings. The normalized spacial score (nSPS) is 11.2. The topological polar surface area (TPSA) is 56.2 Å². The third-order valence-electron chi connectivity index (χ3n) is 4.52. The van der Waals surface area contributed by atoms with Crippen LogP contribution in [-0.4, -0.2) is 27.6 Å². The first-order valence-corrected chi connectivity index (χ1v) is 10.8. The number of imidazole rings is 1. The van der Waals surface area contributed by atoms with Crippen LogP contribution in [-0.2, 0) is 4.79 Å². The molecule has 0 bridgehead atoms. The predicted molar refractivity (Wildman–Crippen MR) is 121 cm³/mol. The quantitative estimate of drug-likeness (QED) is 0.329. The molecule has 0 aliphatic heterocycles. The molecule has 0 atom stereocenters. The summed E-state index contributed by atoms with van der Waals surface area (Å²) in [6.45, 7) is 0. The van der Waals surface area contributed by atoms with Crippen LogP contribution in [0.3, 0.4) is 0 Å². The third-order valence-corrected chi connectivity index (χ3v) is 5.47. The van der Waals surface area contributed by atoms with Crippen LogP contribution in [0.5, 0.6) is 5.75 Å². The molecule has 9 heteroatoms. The summed E-state index contributed by atoms with van der Waals surface area (Å²) in [4.78, 5) is 16.9. The summed E-state index contributed by atoms with van der Waals surface area (Å²) < 4.78 is 43.3. The van der Waals surface area contributed by atoms with Crippen molar-refractivity contribution in [3.8, 4) is 22.7 Å². The first-order valence-electron chi connectivity index (χ1n) is 9.86. The van der Waals surface area contributed by atoms with Gasteiger partial charge in [-0.15, -0.1) is 13.2 Å². The minimum absolute atomic E-state index is 0.107. The Morgan fingerprint density at radius 1 is 0.939 bits per heavy atom. The predicted octanol–water partition coefficient (Wildman–Crippen LogP) is 6.17. The first kappa shape index (κ1) is 22.5. The lowest BCUT2D eigenvalue weighted by atomic mass is 10.1. The molecule has 33 heavy (non-hydrogen) atoms. The first-order chi connectivity index (χ1) is 15.9. The van der Waals surface area contributed by atoms with Gasteiger partial charge in [0.2, 0.25) is 5.91 Å². The number of nitrogens with one attached hydrogen (secondary N) is 1. The van der Waals surface area contributed by atoms with Crippen LogP contribution in [0, 0.1) is 0 Å². The Labute approximate surface area is 192 Å². The number of alkyl halides is 3. The van der Waals surface area contributed by atoms with Crippen molar-refractivity contribution in [2.24, 2.45) is 0 Å². The van der Waals surface area contributed by atoms with E-state index in [1.807, 2.05) is 48.5 Å². The van der Waals surface area contributed by atoms with Crippen molar-refractivity contribution in [1.82, 2.24) is 9.55 Å². The zero-order valence-electron chi connectivity index (χ0n) is 17.1. The average molecular weight is 469 g/mol. The maximum atomic E-state index is 12.5. The third kappa shape index (κ3) is 5.95. The number of nitrogens with zero attached hydrogens (tertiary/aromatic N) is 2. The number of ether oxygens (including phenoxy) is 1. The van der Waals surface area contributed by atoms with Crippen LogP contribution in [0.15, 0.2) is 96.3 Å². The number of hydrogen-bond acceptors (Lipinski definition) is 4. The van der Waals surface area contributed by atoms with Gasteiger partial charge in [0.05, 0.1) is 17.6 Å². The van der Waals surface area contributed by atoms with Crippen LogP contribution in [0.1, 0.15) is 0 Å². The van der Waals surface area contributed by atoms with Gasteiger partial charge in [-0.1, -0.05) is 60.3 Å². The zero-order valence-corrected chi connectivity index (χ0v) is 17.9. The second kappa shape index (κ2) is 9.83. The van der Waals surface area contributed by atoms with E-state index >= 15 is 0 Å². The summed E-state index contributed by atoms with van der Waals surface area (Å²) in [7, 11) is 0. The van der Waals surface area contributed by atoms with Crippen LogP contribution in [0.25, 0.3) is 16.9 Å². The van der Waals surface area contributed by atoms with Crippen LogP contribution >= 0.6 is 11.8 Å². The number of rotatable bonds is 7. The number of thioether (sulfide) groups is 1. The van der Waals surface area contributed by atoms with Crippen molar-refractivity contribution in [1.29, 1.82) is 0 Å². The Kier molecular flexibility index (Phi) is 6.69. The molecule has 3 aromatic carbocycles. The van der Waals surface area contributed by atoms with E-state index in [9.17, 15) is 18.0 Å².